The average Bonchev–Trinajstić information content (AvgIpc) is 1.51. The minimum absolute atomic E-state index is 0.295. The first-order chi connectivity index (χ1) is 53.7. The summed E-state index contributed by atoms with van der Waals surface area (Å²) in [6, 6.07) is 125. The Hall–Kier alpha value is -13.9. The number of anilines is 6. The van der Waals surface area contributed by atoms with Gasteiger partial charge in [0, 0.05) is 55.7 Å². The lowest BCUT2D eigenvalue weighted by atomic mass is 9.67. The summed E-state index contributed by atoms with van der Waals surface area (Å²) in [6.07, 6.45) is 3.76. The summed E-state index contributed by atoms with van der Waals surface area (Å²) in [4.78, 5) is 4.86. The molecule has 2 aromatic heterocycles. The molecule has 2 atom stereocenters. The summed E-state index contributed by atoms with van der Waals surface area (Å²) in [5, 5.41) is 4.07. The van der Waals surface area contributed by atoms with Gasteiger partial charge in [-0.15, -0.1) is 0 Å². The van der Waals surface area contributed by atoms with E-state index in [9.17, 15) is 0 Å². The lowest BCUT2D eigenvalue weighted by Crippen LogP contribution is -2.29. The van der Waals surface area contributed by atoms with Crippen LogP contribution in [-0.4, -0.2) is 0 Å². The van der Waals surface area contributed by atoms with Gasteiger partial charge in [0.25, 0.3) is 0 Å². The van der Waals surface area contributed by atoms with E-state index < -0.39 is 16.2 Å². The van der Waals surface area contributed by atoms with Crippen LogP contribution in [0.3, 0.4) is 0 Å². The van der Waals surface area contributed by atoms with Crippen molar-refractivity contribution in [3.63, 3.8) is 0 Å². The Bertz CT molecular complexity index is 6470. The second kappa shape index (κ2) is 23.5. The first kappa shape index (κ1) is 62.4. The Morgan fingerprint density at radius 2 is 0.486 bits per heavy atom. The van der Waals surface area contributed by atoms with Gasteiger partial charge in [-0.1, -0.05) is 256 Å². The van der Waals surface area contributed by atoms with Gasteiger partial charge in [0.05, 0.1) is 16.2 Å². The van der Waals surface area contributed by atoms with Crippen LogP contribution >= 0.6 is 0 Å². The maximum Gasteiger partial charge on any atom is 0.135 e. The highest BCUT2D eigenvalue weighted by atomic mass is 19.1. The summed E-state index contributed by atoms with van der Waals surface area (Å²) < 4.78 is 44.1. The minimum atomic E-state index is -0.857. The van der Waals surface area contributed by atoms with Crippen LogP contribution in [0, 0.1) is 11.6 Å². The molecule has 4 nitrogen and oxygen atoms in total. The van der Waals surface area contributed by atoms with Crippen molar-refractivity contribution in [1.82, 2.24) is 0 Å². The number of rotatable bonds is 12. The fraction of sp³-hybridized carbons (Fsp3) is 0.0291. The van der Waals surface area contributed by atoms with Crippen LogP contribution in [0.2, 0.25) is 0 Å². The number of nitrogens with zero attached hydrogens (tertiary/aromatic N) is 2. The number of hydrogen-bond donors (Lipinski definition) is 0. The zero-order valence-electron chi connectivity index (χ0n) is 59.0. The number of benzene rings is 16. The molecule has 0 amide bonds. The van der Waals surface area contributed by atoms with E-state index in [2.05, 4.69) is 302 Å². The lowest BCUT2D eigenvalue weighted by Gasteiger charge is -2.35. The predicted molar refractivity (Wildman–Crippen MR) is 441 cm³/mol. The molecule has 0 bridgehead atoms. The summed E-state index contributed by atoms with van der Waals surface area (Å²) in [5.74, 6) is -0.590. The molecule has 512 valence electrons. The third kappa shape index (κ3) is 8.74. The average molecular weight is 1400 g/mol. The van der Waals surface area contributed by atoms with Crippen molar-refractivity contribution in [3.05, 3.63) is 455 Å². The summed E-state index contributed by atoms with van der Waals surface area (Å²) in [7, 11) is 0. The predicted octanol–water partition coefficient (Wildman–Crippen LogP) is 27.1. The second-order valence-electron chi connectivity index (χ2n) is 29.2. The molecule has 1 spiro atoms. The number of fused-ring (bicyclic) bond motifs is 22. The maximum absolute atomic E-state index is 15.4. The minimum Gasteiger partial charge on any atom is -0.456 e. The van der Waals surface area contributed by atoms with E-state index in [4.69, 9.17) is 8.83 Å². The molecule has 0 saturated heterocycles. The quantitative estimate of drug-likeness (QED) is 0.122. The van der Waals surface area contributed by atoms with Gasteiger partial charge in [-0.25, -0.2) is 8.78 Å². The molecule has 2 heterocycles. The molecule has 0 N–H and O–H groups in total. The summed E-state index contributed by atoms with van der Waals surface area (Å²) in [5.41, 5.74) is 30.7. The molecule has 0 fully saturated rings. The fourth-order valence-corrected chi connectivity index (χ4v) is 19.5. The van der Waals surface area contributed by atoms with Crippen molar-refractivity contribution >= 4 is 90.2 Å². The number of halogens is 2. The number of para-hydroxylation sites is 2. The van der Waals surface area contributed by atoms with Crippen LogP contribution in [0.1, 0.15) is 77.9 Å². The zero-order valence-corrected chi connectivity index (χ0v) is 59.0. The first-order valence-electron chi connectivity index (χ1n) is 37.1. The van der Waals surface area contributed by atoms with Gasteiger partial charge in [0.2, 0.25) is 0 Å². The van der Waals surface area contributed by atoms with Gasteiger partial charge in [0.15, 0.2) is 0 Å². The fourth-order valence-electron chi connectivity index (χ4n) is 19.5. The van der Waals surface area contributed by atoms with E-state index in [-0.39, 0.29) is 11.6 Å². The molecule has 16 aromatic carbocycles. The maximum atomic E-state index is 15.4. The van der Waals surface area contributed by atoms with Gasteiger partial charge in [-0.05, 0) is 244 Å². The first-order valence-corrected chi connectivity index (χ1v) is 37.1. The summed E-state index contributed by atoms with van der Waals surface area (Å²) in [6.45, 7) is 8.27. The van der Waals surface area contributed by atoms with Crippen LogP contribution in [-0.2, 0) is 16.2 Å². The van der Waals surface area contributed by atoms with E-state index in [0.29, 0.717) is 0 Å². The van der Waals surface area contributed by atoms with Crippen LogP contribution in [0.4, 0.5) is 42.9 Å². The topological polar surface area (TPSA) is 32.8 Å². The second-order valence-corrected chi connectivity index (χ2v) is 29.2. The molecular formula is C103H64F2N2O2. The largest absolute Gasteiger partial charge is 0.456 e. The van der Waals surface area contributed by atoms with Crippen molar-refractivity contribution in [3.8, 4) is 44.5 Å². The summed E-state index contributed by atoms with van der Waals surface area (Å²) >= 11 is 0. The van der Waals surface area contributed by atoms with Crippen LogP contribution in [0.15, 0.2) is 374 Å². The van der Waals surface area contributed by atoms with E-state index >= 15 is 8.78 Å². The Labute approximate surface area is 628 Å². The Morgan fingerprint density at radius 3 is 0.826 bits per heavy atom. The van der Waals surface area contributed by atoms with E-state index in [0.717, 1.165) is 178 Å². The molecule has 4 aliphatic carbocycles. The Morgan fingerprint density at radius 1 is 0.229 bits per heavy atom. The van der Waals surface area contributed by atoms with E-state index in [1.807, 2.05) is 60.7 Å². The molecular weight excluding hydrogens is 1340 g/mol. The van der Waals surface area contributed by atoms with Crippen LogP contribution < -0.4 is 9.80 Å². The molecule has 2 unspecified atom stereocenters. The monoisotopic (exact) mass is 1400 g/mol. The van der Waals surface area contributed by atoms with Crippen molar-refractivity contribution in [2.24, 2.45) is 0 Å². The Balaban J connectivity index is 0.788. The van der Waals surface area contributed by atoms with Crippen molar-refractivity contribution in [1.29, 1.82) is 0 Å². The smallest absolute Gasteiger partial charge is 0.135 e. The molecule has 109 heavy (non-hydrogen) atoms. The molecule has 22 rings (SSSR count). The third-order valence-corrected chi connectivity index (χ3v) is 24.1. The van der Waals surface area contributed by atoms with Gasteiger partial charge in [0.1, 0.15) is 34.0 Å². The molecule has 0 radical (unpaired) electrons. The van der Waals surface area contributed by atoms with Crippen molar-refractivity contribution in [2.45, 2.75) is 16.2 Å². The number of hydrogen-bond acceptors (Lipinski definition) is 4. The zero-order chi connectivity index (χ0) is 72.4. The highest BCUT2D eigenvalue weighted by Gasteiger charge is 2.53. The normalized spacial score (nSPS) is 16.5. The van der Waals surface area contributed by atoms with Crippen molar-refractivity contribution in [2.75, 3.05) is 9.80 Å². The third-order valence-electron chi connectivity index (χ3n) is 24.1. The van der Waals surface area contributed by atoms with Gasteiger partial charge in [-0.2, -0.15) is 0 Å². The standard InChI is InChI=1S/C103H64F2N2O2/c1-3-63-29-33-65(34-30-63)101(67-37-41-69(104)42-38-67)89-23-11-5-17-77(89)81-51-45-73(59-93(81)101)106(71-49-55-99-87(57-71)85-21-9-15-27-97(85)108-99)75-47-53-83-79-19-7-13-25-91(79)103(95(83)61-75)92-26-14-8-20-80(92)84-54-48-76(62-96(84)103)107(72-50-56-100-88(58-72)86-22-10-16-28-98(86)109-100)74-46-52-82-78-18-6-12-24-90(78)102(94(82)60-74,68-39-43-70(105)44-40-68)66-35-31-64(4-2)32-36-66/h3-62H,1-2H2. The van der Waals surface area contributed by atoms with Gasteiger partial charge < -0.3 is 18.6 Å². The SMILES string of the molecule is C=Cc1ccc(C2(c3ccc(F)cc3)c3ccccc3-c3ccc(N(c4ccc5c(c4)C4(c6ccccc6-5)c5ccccc5-c5ccc(N(c6ccc7c(c6)C(c6ccc(F)cc6)(c6ccc(C=C)cc6)c6ccccc6-7)c6ccc7oc8ccccc8c7c6)cc54)c4ccc5oc6ccccc6c5c4)cc32)cc1. The van der Waals surface area contributed by atoms with Crippen molar-refractivity contribution < 1.29 is 17.6 Å². The van der Waals surface area contributed by atoms with Crippen LogP contribution in [0.5, 0.6) is 0 Å². The van der Waals surface area contributed by atoms with E-state index in [1.165, 1.54) is 22.3 Å². The molecule has 6 heteroatoms. The number of furan rings is 2. The van der Waals surface area contributed by atoms with Crippen LogP contribution in [0.25, 0.3) is 101 Å². The van der Waals surface area contributed by atoms with Gasteiger partial charge >= 0.3 is 0 Å². The highest BCUT2D eigenvalue weighted by molar-refractivity contribution is 6.09. The molecule has 18 aromatic rings. The molecule has 0 aliphatic heterocycles. The Kier molecular flexibility index (Phi) is 13.5. The highest BCUT2D eigenvalue weighted by Crippen LogP contribution is 2.66. The van der Waals surface area contributed by atoms with Gasteiger partial charge in [-0.3, -0.25) is 0 Å². The molecule has 0 saturated carbocycles. The van der Waals surface area contributed by atoms with E-state index in [1.54, 1.807) is 24.3 Å². The lowest BCUT2D eigenvalue weighted by molar-refractivity contribution is 0.624. The molecule has 4 aliphatic rings.